The maximum Gasteiger partial charge on any atom is 0.194 e. The van der Waals surface area contributed by atoms with Crippen LogP contribution in [0.25, 0.3) is 0 Å². The Kier molecular flexibility index (Phi) is 5.61. The second-order valence-electron chi connectivity index (χ2n) is 7.30. The first-order valence-electron chi connectivity index (χ1n) is 9.95. The Balaban J connectivity index is 1.36. The highest BCUT2D eigenvalue weighted by Gasteiger charge is 2.23. The summed E-state index contributed by atoms with van der Waals surface area (Å²) < 4.78 is 2.26. The number of aromatic nitrogens is 3. The maximum atomic E-state index is 5.00. The highest BCUT2D eigenvalue weighted by Crippen LogP contribution is 2.23. The van der Waals surface area contributed by atoms with Crippen molar-refractivity contribution in [2.75, 3.05) is 44.2 Å². The molecule has 2 aromatic heterocycles. The standard InChI is InChI=1S/C19H29N7S/c1-3-20-19(25-10-8-24(9-11-25)18-5-4-12-27-18)21-13-16-6-7-17-23-22-15(2)26(17)14-16/h4-5,12,16H,3,6-11,13-14H2,1-2H3,(H,20,21). The quantitative estimate of drug-likeness (QED) is 0.642. The van der Waals surface area contributed by atoms with Crippen molar-refractivity contribution in [1.82, 2.24) is 25.0 Å². The monoisotopic (exact) mass is 387 g/mol. The van der Waals surface area contributed by atoms with E-state index in [1.165, 1.54) is 5.00 Å². The Labute approximate surface area is 165 Å². The number of nitrogens with one attached hydrogen (secondary N) is 1. The predicted octanol–water partition coefficient (Wildman–Crippen LogP) is 2.00. The first kappa shape index (κ1) is 18.3. The third-order valence-corrected chi connectivity index (χ3v) is 6.39. The third-order valence-electron chi connectivity index (χ3n) is 5.46. The summed E-state index contributed by atoms with van der Waals surface area (Å²) >= 11 is 1.82. The highest BCUT2D eigenvalue weighted by molar-refractivity contribution is 7.14. The Hall–Kier alpha value is -2.09. The second-order valence-corrected chi connectivity index (χ2v) is 8.22. The molecular formula is C19H29N7S. The van der Waals surface area contributed by atoms with Gasteiger partial charge in [0.25, 0.3) is 0 Å². The molecule has 146 valence electrons. The second kappa shape index (κ2) is 8.29. The van der Waals surface area contributed by atoms with Gasteiger partial charge in [-0.15, -0.1) is 21.5 Å². The SMILES string of the molecule is CCNC(=NCC1CCc2nnc(C)n2C1)N1CCN(c2cccs2)CC1. The molecule has 1 unspecified atom stereocenters. The molecule has 4 heterocycles. The number of anilines is 1. The molecule has 0 spiro atoms. The molecule has 27 heavy (non-hydrogen) atoms. The molecule has 0 saturated carbocycles. The Morgan fingerprint density at radius 2 is 2.15 bits per heavy atom. The molecular weight excluding hydrogens is 358 g/mol. The number of thiophene rings is 1. The lowest BCUT2D eigenvalue weighted by Crippen LogP contribution is -2.52. The molecule has 0 radical (unpaired) electrons. The van der Waals surface area contributed by atoms with Crippen LogP contribution in [0, 0.1) is 12.8 Å². The van der Waals surface area contributed by atoms with Gasteiger partial charge in [0.15, 0.2) is 5.96 Å². The highest BCUT2D eigenvalue weighted by atomic mass is 32.1. The van der Waals surface area contributed by atoms with Gasteiger partial charge in [-0.25, -0.2) is 0 Å². The molecule has 2 aliphatic rings. The fourth-order valence-corrected chi connectivity index (χ4v) is 4.69. The van der Waals surface area contributed by atoms with Crippen molar-refractivity contribution in [3.63, 3.8) is 0 Å². The topological polar surface area (TPSA) is 61.6 Å². The van der Waals surface area contributed by atoms with Crippen LogP contribution < -0.4 is 10.2 Å². The van der Waals surface area contributed by atoms with Gasteiger partial charge in [0.2, 0.25) is 0 Å². The maximum absolute atomic E-state index is 5.00. The number of nitrogens with zero attached hydrogens (tertiary/aromatic N) is 6. The molecule has 1 atom stereocenters. The molecule has 7 nitrogen and oxygen atoms in total. The van der Waals surface area contributed by atoms with Gasteiger partial charge >= 0.3 is 0 Å². The van der Waals surface area contributed by atoms with Crippen molar-refractivity contribution in [2.24, 2.45) is 10.9 Å². The van der Waals surface area contributed by atoms with Gasteiger partial charge in [0.1, 0.15) is 11.6 Å². The number of guanidine groups is 1. The largest absolute Gasteiger partial charge is 0.360 e. The van der Waals surface area contributed by atoms with Crippen molar-refractivity contribution in [1.29, 1.82) is 0 Å². The third kappa shape index (κ3) is 4.10. The fraction of sp³-hybridized carbons (Fsp3) is 0.632. The Bertz CT molecular complexity index is 759. The molecule has 0 amide bonds. The Morgan fingerprint density at radius 1 is 1.30 bits per heavy atom. The van der Waals surface area contributed by atoms with Gasteiger partial charge in [-0.05, 0) is 43.7 Å². The van der Waals surface area contributed by atoms with E-state index in [-0.39, 0.29) is 0 Å². The van der Waals surface area contributed by atoms with Gasteiger partial charge in [0, 0.05) is 52.2 Å². The van der Waals surface area contributed by atoms with Crippen molar-refractivity contribution >= 4 is 22.3 Å². The van der Waals surface area contributed by atoms with Crippen LogP contribution in [0.3, 0.4) is 0 Å². The minimum atomic E-state index is 0.563. The van der Waals surface area contributed by atoms with Crippen LogP contribution in [0.4, 0.5) is 5.00 Å². The summed E-state index contributed by atoms with van der Waals surface area (Å²) in [6, 6.07) is 4.34. The number of hydrogen-bond donors (Lipinski definition) is 1. The summed E-state index contributed by atoms with van der Waals surface area (Å²) in [7, 11) is 0. The smallest absolute Gasteiger partial charge is 0.194 e. The van der Waals surface area contributed by atoms with E-state index >= 15 is 0 Å². The zero-order valence-electron chi connectivity index (χ0n) is 16.3. The summed E-state index contributed by atoms with van der Waals surface area (Å²) in [5.41, 5.74) is 0. The summed E-state index contributed by atoms with van der Waals surface area (Å²) in [6.07, 6.45) is 2.16. The van der Waals surface area contributed by atoms with Gasteiger partial charge < -0.3 is 19.7 Å². The molecule has 8 heteroatoms. The molecule has 1 N–H and O–H groups in total. The van der Waals surface area contributed by atoms with Crippen LogP contribution in [0.15, 0.2) is 22.5 Å². The predicted molar refractivity (Wildman–Crippen MR) is 111 cm³/mol. The zero-order valence-corrected chi connectivity index (χ0v) is 17.1. The number of piperazine rings is 1. The molecule has 1 saturated heterocycles. The van der Waals surface area contributed by atoms with E-state index in [0.717, 1.165) is 76.3 Å². The average Bonchev–Trinajstić information content (AvgIpc) is 3.36. The first-order valence-corrected chi connectivity index (χ1v) is 10.8. The number of rotatable bonds is 4. The van der Waals surface area contributed by atoms with Gasteiger partial charge in [-0.3, -0.25) is 4.99 Å². The summed E-state index contributed by atoms with van der Waals surface area (Å²) in [5, 5.41) is 15.5. The van der Waals surface area contributed by atoms with Crippen LogP contribution >= 0.6 is 11.3 Å². The number of aliphatic imine (C=N–C) groups is 1. The molecule has 0 aromatic carbocycles. The van der Waals surface area contributed by atoms with E-state index in [4.69, 9.17) is 4.99 Å². The molecule has 0 bridgehead atoms. The number of aryl methyl sites for hydroxylation is 2. The van der Waals surface area contributed by atoms with Crippen molar-refractivity contribution in [3.8, 4) is 0 Å². The number of fused-ring (bicyclic) bond motifs is 1. The number of hydrogen-bond acceptors (Lipinski definition) is 5. The van der Waals surface area contributed by atoms with Crippen molar-refractivity contribution in [2.45, 2.75) is 33.2 Å². The Morgan fingerprint density at radius 3 is 2.89 bits per heavy atom. The van der Waals surface area contributed by atoms with E-state index in [0.29, 0.717) is 5.92 Å². The van der Waals surface area contributed by atoms with Gasteiger partial charge in [-0.2, -0.15) is 0 Å². The van der Waals surface area contributed by atoms with E-state index < -0.39 is 0 Å². The van der Waals surface area contributed by atoms with E-state index in [1.54, 1.807) is 0 Å². The minimum absolute atomic E-state index is 0.563. The average molecular weight is 388 g/mol. The lowest BCUT2D eigenvalue weighted by molar-refractivity contribution is 0.355. The normalized spacial score (nSPS) is 20.7. The van der Waals surface area contributed by atoms with Gasteiger partial charge in [0.05, 0.1) is 5.00 Å². The van der Waals surface area contributed by atoms with Crippen LogP contribution in [-0.2, 0) is 13.0 Å². The summed E-state index contributed by atoms with van der Waals surface area (Å²) in [4.78, 5) is 9.88. The first-order chi connectivity index (χ1) is 13.2. The van der Waals surface area contributed by atoms with E-state index in [9.17, 15) is 0 Å². The molecule has 2 aromatic rings. The van der Waals surface area contributed by atoms with Crippen LogP contribution in [0.1, 0.15) is 25.0 Å². The fourth-order valence-electron chi connectivity index (χ4n) is 3.91. The van der Waals surface area contributed by atoms with Crippen LogP contribution in [0.5, 0.6) is 0 Å². The zero-order chi connectivity index (χ0) is 18.6. The van der Waals surface area contributed by atoms with E-state index in [2.05, 4.69) is 54.3 Å². The summed E-state index contributed by atoms with van der Waals surface area (Å²) in [6.45, 7) is 11.1. The lowest BCUT2D eigenvalue weighted by atomic mass is 9.99. The summed E-state index contributed by atoms with van der Waals surface area (Å²) in [5.74, 6) is 3.78. The van der Waals surface area contributed by atoms with Crippen molar-refractivity contribution < 1.29 is 0 Å². The molecule has 1 fully saturated rings. The van der Waals surface area contributed by atoms with Gasteiger partial charge in [-0.1, -0.05) is 0 Å². The van der Waals surface area contributed by atoms with Crippen molar-refractivity contribution in [3.05, 3.63) is 29.2 Å². The molecule has 2 aliphatic heterocycles. The molecule has 0 aliphatic carbocycles. The molecule has 4 rings (SSSR count). The minimum Gasteiger partial charge on any atom is -0.360 e. The van der Waals surface area contributed by atoms with E-state index in [1.807, 2.05) is 18.3 Å². The van der Waals surface area contributed by atoms with Crippen LogP contribution in [-0.4, -0.2) is 64.9 Å². The lowest BCUT2D eigenvalue weighted by Gasteiger charge is -2.37. The van der Waals surface area contributed by atoms with Crippen LogP contribution in [0.2, 0.25) is 0 Å².